The second kappa shape index (κ2) is 6.23. The Bertz CT molecular complexity index is 620. The summed E-state index contributed by atoms with van der Waals surface area (Å²) >= 11 is 1.37. The van der Waals surface area contributed by atoms with Crippen LogP contribution in [-0.4, -0.2) is 39.6 Å². The molecule has 0 aromatic carbocycles. The molecule has 2 rings (SSSR count). The number of hydrogen-bond acceptors (Lipinski definition) is 6. The van der Waals surface area contributed by atoms with Gasteiger partial charge in [-0.1, -0.05) is 0 Å². The number of anilines is 2. The van der Waals surface area contributed by atoms with E-state index >= 15 is 0 Å². The summed E-state index contributed by atoms with van der Waals surface area (Å²) in [6.07, 6.45) is 3.54. The minimum absolute atomic E-state index is 0.536. The quantitative estimate of drug-likeness (QED) is 0.814. The van der Waals surface area contributed by atoms with Crippen LogP contribution in [-0.2, 0) is 21.5 Å². The number of hydrogen-bond donors (Lipinski definition) is 2. The zero-order chi connectivity index (χ0) is 15.5. The number of methoxy groups -OCH3 is 1. The minimum atomic E-state index is -1.00. The molecule has 2 aromatic heterocycles. The van der Waals surface area contributed by atoms with Crippen molar-refractivity contribution >= 4 is 28.1 Å². The number of nitrogens with zero attached hydrogens (tertiary/aromatic N) is 3. The third-order valence-corrected chi connectivity index (χ3v) is 3.85. The lowest BCUT2D eigenvalue weighted by molar-refractivity contribution is -0.142. The minimum Gasteiger partial charge on any atom is -0.481 e. The van der Waals surface area contributed by atoms with Crippen molar-refractivity contribution in [1.82, 2.24) is 14.8 Å². The van der Waals surface area contributed by atoms with E-state index in [9.17, 15) is 9.90 Å². The van der Waals surface area contributed by atoms with E-state index in [4.69, 9.17) is 4.74 Å². The molecule has 21 heavy (non-hydrogen) atoms. The summed E-state index contributed by atoms with van der Waals surface area (Å²) in [5, 5.41) is 18.9. The van der Waals surface area contributed by atoms with Gasteiger partial charge in [0.1, 0.15) is 5.41 Å². The number of aliphatic carboxylic acids is 1. The molecule has 0 bridgehead atoms. The van der Waals surface area contributed by atoms with E-state index in [1.165, 1.54) is 11.3 Å². The third kappa shape index (κ3) is 3.59. The van der Waals surface area contributed by atoms with Crippen molar-refractivity contribution in [3.05, 3.63) is 23.5 Å². The molecule has 2 N–H and O–H groups in total. The highest BCUT2D eigenvalue weighted by atomic mass is 32.1. The van der Waals surface area contributed by atoms with E-state index in [1.807, 2.05) is 6.20 Å². The van der Waals surface area contributed by atoms with Gasteiger partial charge in [-0.05, 0) is 13.8 Å². The molecule has 2 heterocycles. The fourth-order valence-electron chi connectivity index (χ4n) is 1.59. The smallest absolute Gasteiger partial charge is 0.315 e. The molecule has 7 nitrogen and oxygen atoms in total. The van der Waals surface area contributed by atoms with Crippen LogP contribution >= 0.6 is 11.3 Å². The Kier molecular flexibility index (Phi) is 4.59. The summed E-state index contributed by atoms with van der Waals surface area (Å²) in [7, 11) is 1.64. The number of aromatic nitrogens is 3. The predicted molar refractivity (Wildman–Crippen MR) is 80.2 cm³/mol. The molecule has 114 valence electrons. The van der Waals surface area contributed by atoms with Crippen molar-refractivity contribution < 1.29 is 14.6 Å². The van der Waals surface area contributed by atoms with Gasteiger partial charge >= 0.3 is 5.97 Å². The topological polar surface area (TPSA) is 89.3 Å². The molecule has 0 spiro atoms. The van der Waals surface area contributed by atoms with Crippen LogP contribution < -0.4 is 5.32 Å². The Morgan fingerprint density at radius 1 is 1.57 bits per heavy atom. The lowest BCUT2D eigenvalue weighted by Crippen LogP contribution is -2.28. The van der Waals surface area contributed by atoms with Crippen molar-refractivity contribution in [1.29, 1.82) is 0 Å². The van der Waals surface area contributed by atoms with Crippen molar-refractivity contribution in [2.45, 2.75) is 25.8 Å². The van der Waals surface area contributed by atoms with E-state index in [0.717, 1.165) is 5.69 Å². The van der Waals surface area contributed by atoms with Gasteiger partial charge in [0, 0.05) is 18.7 Å². The Balaban J connectivity index is 2.06. The van der Waals surface area contributed by atoms with E-state index in [0.29, 0.717) is 24.0 Å². The van der Waals surface area contributed by atoms with Crippen LogP contribution in [0.1, 0.15) is 19.5 Å². The Morgan fingerprint density at radius 3 is 3.00 bits per heavy atom. The first-order chi connectivity index (χ1) is 9.93. The lowest BCUT2D eigenvalue weighted by Gasteiger charge is -2.15. The molecule has 0 radical (unpaired) electrons. The molecular weight excluding hydrogens is 292 g/mol. The van der Waals surface area contributed by atoms with Crippen molar-refractivity contribution in [3.63, 3.8) is 0 Å². The van der Waals surface area contributed by atoms with Crippen LogP contribution in [0.3, 0.4) is 0 Å². The van der Waals surface area contributed by atoms with Gasteiger partial charge in [0.2, 0.25) is 0 Å². The van der Waals surface area contributed by atoms with Gasteiger partial charge in [-0.3, -0.25) is 9.48 Å². The van der Waals surface area contributed by atoms with Crippen molar-refractivity contribution in [3.8, 4) is 0 Å². The van der Waals surface area contributed by atoms with E-state index < -0.39 is 11.4 Å². The maximum absolute atomic E-state index is 11.2. The molecule has 0 saturated carbocycles. The number of ether oxygens (including phenoxy) is 1. The predicted octanol–water partition coefficient (Wildman–Crippen LogP) is 2.09. The van der Waals surface area contributed by atoms with Crippen LogP contribution in [0.15, 0.2) is 17.8 Å². The van der Waals surface area contributed by atoms with Crippen LogP contribution in [0, 0.1) is 0 Å². The molecule has 0 amide bonds. The first-order valence-electron chi connectivity index (χ1n) is 6.41. The largest absolute Gasteiger partial charge is 0.481 e. The molecule has 8 heteroatoms. The molecule has 0 aliphatic carbocycles. The molecule has 0 saturated heterocycles. The van der Waals surface area contributed by atoms with Gasteiger partial charge in [0.05, 0.1) is 30.7 Å². The van der Waals surface area contributed by atoms with E-state index in [2.05, 4.69) is 15.4 Å². The number of rotatable bonds is 7. The highest BCUT2D eigenvalue weighted by Crippen LogP contribution is 2.28. The van der Waals surface area contributed by atoms with Crippen LogP contribution in [0.2, 0.25) is 0 Å². The monoisotopic (exact) mass is 310 g/mol. The highest BCUT2D eigenvalue weighted by molar-refractivity contribution is 7.13. The van der Waals surface area contributed by atoms with Crippen LogP contribution in [0.4, 0.5) is 10.8 Å². The molecule has 0 aliphatic rings. The fraction of sp³-hybridized carbons (Fsp3) is 0.462. The second-order valence-corrected chi connectivity index (χ2v) is 5.94. The number of carboxylic acid groups (broad SMARTS) is 1. The molecule has 0 aliphatic heterocycles. The first-order valence-corrected chi connectivity index (χ1v) is 7.29. The summed E-state index contributed by atoms with van der Waals surface area (Å²) in [6, 6.07) is 0. The van der Waals surface area contributed by atoms with Gasteiger partial charge in [-0.2, -0.15) is 5.10 Å². The Labute approximate surface area is 126 Å². The van der Waals surface area contributed by atoms with E-state index in [1.54, 1.807) is 37.2 Å². The summed E-state index contributed by atoms with van der Waals surface area (Å²) in [5.41, 5.74) is 0.341. The highest BCUT2D eigenvalue weighted by Gasteiger charge is 2.32. The zero-order valence-corrected chi connectivity index (χ0v) is 13.0. The Morgan fingerprint density at radius 2 is 2.33 bits per heavy atom. The molecule has 2 aromatic rings. The summed E-state index contributed by atoms with van der Waals surface area (Å²) in [4.78, 5) is 15.5. The number of carboxylic acids is 1. The second-order valence-electron chi connectivity index (χ2n) is 5.08. The molecule has 0 unspecified atom stereocenters. The Hall–Kier alpha value is -1.93. The standard InChI is InChI=1S/C13H18N4O3S/c1-13(2,11(18)19)10-8-21-12(16-10)15-9-6-14-17(7-9)4-5-20-3/h6-8H,4-5H2,1-3H3,(H,15,16)(H,18,19). The summed E-state index contributed by atoms with van der Waals surface area (Å²) in [5.74, 6) is -0.897. The average Bonchev–Trinajstić information content (AvgIpc) is 3.06. The SMILES string of the molecule is COCCn1cc(Nc2nc(C(C)(C)C(=O)O)cs2)cn1. The van der Waals surface area contributed by atoms with Crippen molar-refractivity contribution in [2.24, 2.45) is 0 Å². The van der Waals surface area contributed by atoms with Gasteiger partial charge < -0.3 is 15.2 Å². The van der Waals surface area contributed by atoms with Gasteiger partial charge in [0.25, 0.3) is 0 Å². The number of thiazole rings is 1. The van der Waals surface area contributed by atoms with Gasteiger partial charge in [-0.25, -0.2) is 4.98 Å². The maximum Gasteiger partial charge on any atom is 0.315 e. The number of nitrogens with one attached hydrogen (secondary N) is 1. The van der Waals surface area contributed by atoms with Gasteiger partial charge in [-0.15, -0.1) is 11.3 Å². The normalized spacial score (nSPS) is 11.6. The zero-order valence-electron chi connectivity index (χ0n) is 12.2. The fourth-order valence-corrected chi connectivity index (χ4v) is 2.48. The molecular formula is C13H18N4O3S. The van der Waals surface area contributed by atoms with Gasteiger partial charge in [0.15, 0.2) is 5.13 Å². The maximum atomic E-state index is 11.2. The number of carbonyl (C=O) groups is 1. The summed E-state index contributed by atoms with van der Waals surface area (Å²) < 4.78 is 6.75. The van der Waals surface area contributed by atoms with Crippen molar-refractivity contribution in [2.75, 3.05) is 19.0 Å². The lowest BCUT2D eigenvalue weighted by atomic mass is 9.90. The summed E-state index contributed by atoms with van der Waals surface area (Å²) in [6.45, 7) is 4.54. The average molecular weight is 310 g/mol. The van der Waals surface area contributed by atoms with E-state index in [-0.39, 0.29) is 0 Å². The first kappa shape index (κ1) is 15.5. The van der Waals surface area contributed by atoms with Crippen LogP contribution in [0.25, 0.3) is 0 Å². The molecule has 0 fully saturated rings. The van der Waals surface area contributed by atoms with Crippen LogP contribution in [0.5, 0.6) is 0 Å². The molecule has 0 atom stereocenters. The third-order valence-electron chi connectivity index (χ3n) is 3.09.